The molecule has 0 saturated heterocycles. The van der Waals surface area contributed by atoms with Gasteiger partial charge in [-0.05, 0) is 30.3 Å². The minimum Gasteiger partial charge on any atom is -0.342 e. The summed E-state index contributed by atoms with van der Waals surface area (Å²) in [6.45, 7) is 0.196. The van der Waals surface area contributed by atoms with Crippen LogP contribution in [0.2, 0.25) is 0 Å². The van der Waals surface area contributed by atoms with Crippen molar-refractivity contribution in [1.82, 2.24) is 10.3 Å². The maximum Gasteiger partial charge on any atom is 0.244 e. The fourth-order valence-corrected chi connectivity index (χ4v) is 2.24. The second kappa shape index (κ2) is 6.64. The van der Waals surface area contributed by atoms with E-state index in [-0.39, 0.29) is 18.3 Å². The molecule has 0 atom stereocenters. The molecule has 0 bridgehead atoms. The Balaban J connectivity index is 2.06. The number of amides is 1. The molecule has 2 aromatic rings. The first-order valence-corrected chi connectivity index (χ1v) is 6.68. The molecule has 0 aliphatic carbocycles. The normalized spacial score (nSPS) is 10.4. The molecule has 100 valence electrons. The monoisotopic (exact) mass is 286 g/mol. The molecule has 1 heterocycles. The van der Waals surface area contributed by atoms with E-state index >= 15 is 0 Å². The Hall–Kier alpha value is -2.45. The number of nitrogens with one attached hydrogen (secondary N) is 1. The van der Waals surface area contributed by atoms with E-state index in [4.69, 9.17) is 6.42 Å². The van der Waals surface area contributed by atoms with Crippen molar-refractivity contribution in [2.24, 2.45) is 0 Å². The van der Waals surface area contributed by atoms with Crippen LogP contribution in [0.4, 0.5) is 4.39 Å². The average molecular weight is 286 g/mol. The molecule has 1 aromatic carbocycles. The minimum atomic E-state index is -0.282. The van der Waals surface area contributed by atoms with Gasteiger partial charge in [-0.1, -0.05) is 5.92 Å². The molecule has 0 saturated carbocycles. The lowest BCUT2D eigenvalue weighted by Gasteiger charge is -1.95. The summed E-state index contributed by atoms with van der Waals surface area (Å²) in [7, 11) is 0. The van der Waals surface area contributed by atoms with Crippen molar-refractivity contribution in [3.05, 3.63) is 47.2 Å². The molecule has 5 heteroatoms. The number of carbonyl (C=O) groups excluding carboxylic acids is 1. The first-order valence-electron chi connectivity index (χ1n) is 5.80. The van der Waals surface area contributed by atoms with E-state index in [0.717, 1.165) is 10.6 Å². The number of thiazole rings is 1. The fraction of sp³-hybridized carbons (Fsp3) is 0.0667. The summed E-state index contributed by atoms with van der Waals surface area (Å²) in [4.78, 5) is 15.7. The molecule has 0 spiro atoms. The molecule has 3 nitrogen and oxygen atoms in total. The van der Waals surface area contributed by atoms with E-state index in [9.17, 15) is 9.18 Å². The smallest absolute Gasteiger partial charge is 0.244 e. The fourth-order valence-electron chi connectivity index (χ4n) is 1.45. The van der Waals surface area contributed by atoms with Crippen molar-refractivity contribution in [3.8, 4) is 22.9 Å². The van der Waals surface area contributed by atoms with Crippen LogP contribution >= 0.6 is 11.3 Å². The standard InChI is InChI=1S/C15H11FN2OS/c1-2-9-17-14(19)8-7-13-10-20-15(18-13)11-3-5-12(16)6-4-11/h1,3-8,10H,9H2,(H,17,19)/b8-7+. The second-order valence-corrected chi connectivity index (χ2v) is 4.70. The molecule has 0 radical (unpaired) electrons. The third-order valence-electron chi connectivity index (χ3n) is 2.38. The summed E-state index contributed by atoms with van der Waals surface area (Å²) in [6, 6.07) is 6.11. The number of rotatable bonds is 4. The highest BCUT2D eigenvalue weighted by molar-refractivity contribution is 7.13. The lowest BCUT2D eigenvalue weighted by molar-refractivity contribution is -0.116. The zero-order valence-electron chi connectivity index (χ0n) is 10.5. The Morgan fingerprint density at radius 3 is 2.90 bits per heavy atom. The molecule has 1 aromatic heterocycles. The summed E-state index contributed by atoms with van der Waals surface area (Å²) in [5.41, 5.74) is 1.51. The molecule has 0 aliphatic heterocycles. The number of aromatic nitrogens is 1. The van der Waals surface area contributed by atoms with Crippen LogP contribution in [0.1, 0.15) is 5.69 Å². The molecule has 1 amide bonds. The topological polar surface area (TPSA) is 42.0 Å². The molecule has 0 fully saturated rings. The zero-order valence-corrected chi connectivity index (χ0v) is 11.3. The van der Waals surface area contributed by atoms with E-state index in [1.165, 1.54) is 29.5 Å². The molecule has 20 heavy (non-hydrogen) atoms. The molecular weight excluding hydrogens is 275 g/mol. The number of carbonyl (C=O) groups is 1. The molecule has 0 unspecified atom stereocenters. The Kier molecular flexibility index (Phi) is 4.64. The van der Waals surface area contributed by atoms with Gasteiger partial charge < -0.3 is 5.32 Å². The van der Waals surface area contributed by atoms with Crippen LogP contribution in [0.3, 0.4) is 0 Å². The molecule has 0 aliphatic rings. The lowest BCUT2D eigenvalue weighted by Crippen LogP contribution is -2.20. The number of benzene rings is 1. The average Bonchev–Trinajstić information content (AvgIpc) is 2.92. The summed E-state index contributed by atoms with van der Waals surface area (Å²) >= 11 is 1.43. The van der Waals surface area contributed by atoms with Gasteiger partial charge in [-0.25, -0.2) is 9.37 Å². The quantitative estimate of drug-likeness (QED) is 0.693. The van der Waals surface area contributed by atoms with Gasteiger partial charge in [-0.3, -0.25) is 4.79 Å². The van der Waals surface area contributed by atoms with Gasteiger partial charge in [-0.2, -0.15) is 0 Å². The summed E-state index contributed by atoms with van der Waals surface area (Å²) in [5.74, 6) is 1.77. The van der Waals surface area contributed by atoms with Crippen molar-refractivity contribution in [2.75, 3.05) is 6.54 Å². The van der Waals surface area contributed by atoms with Crippen molar-refractivity contribution < 1.29 is 9.18 Å². The largest absolute Gasteiger partial charge is 0.342 e. The maximum absolute atomic E-state index is 12.8. The Labute approximate surface area is 120 Å². The summed E-state index contributed by atoms with van der Waals surface area (Å²) in [6.07, 6.45) is 8.02. The zero-order chi connectivity index (χ0) is 14.4. The Bertz CT molecular complexity index is 668. The highest BCUT2D eigenvalue weighted by Gasteiger charge is 2.03. The van der Waals surface area contributed by atoms with Crippen molar-refractivity contribution in [1.29, 1.82) is 0 Å². The van der Waals surface area contributed by atoms with Crippen LogP contribution < -0.4 is 5.32 Å². The van der Waals surface area contributed by atoms with Gasteiger partial charge in [-0.15, -0.1) is 17.8 Å². The van der Waals surface area contributed by atoms with Crippen LogP contribution in [-0.4, -0.2) is 17.4 Å². The highest BCUT2D eigenvalue weighted by atomic mass is 32.1. The van der Waals surface area contributed by atoms with Gasteiger partial charge >= 0.3 is 0 Å². The number of terminal acetylenes is 1. The van der Waals surface area contributed by atoms with Gasteiger partial charge in [0.05, 0.1) is 12.2 Å². The Morgan fingerprint density at radius 1 is 1.45 bits per heavy atom. The van der Waals surface area contributed by atoms with Crippen molar-refractivity contribution in [2.45, 2.75) is 0 Å². The van der Waals surface area contributed by atoms with Crippen LogP contribution in [0, 0.1) is 18.2 Å². The van der Waals surface area contributed by atoms with E-state index in [2.05, 4.69) is 16.2 Å². The predicted molar refractivity (Wildman–Crippen MR) is 78.4 cm³/mol. The predicted octanol–water partition coefficient (Wildman–Crippen LogP) is 2.71. The van der Waals surface area contributed by atoms with E-state index in [0.29, 0.717) is 5.69 Å². The van der Waals surface area contributed by atoms with Crippen molar-refractivity contribution in [3.63, 3.8) is 0 Å². The van der Waals surface area contributed by atoms with Crippen LogP contribution in [0.15, 0.2) is 35.7 Å². The third-order valence-corrected chi connectivity index (χ3v) is 3.29. The maximum atomic E-state index is 12.8. The Morgan fingerprint density at radius 2 is 2.20 bits per heavy atom. The summed E-state index contributed by atoms with van der Waals surface area (Å²) < 4.78 is 12.8. The van der Waals surface area contributed by atoms with Crippen LogP contribution in [0.5, 0.6) is 0 Å². The molecular formula is C15H11FN2OS. The molecule has 2 rings (SSSR count). The van der Waals surface area contributed by atoms with Crippen LogP contribution in [0.25, 0.3) is 16.6 Å². The highest BCUT2D eigenvalue weighted by Crippen LogP contribution is 2.24. The van der Waals surface area contributed by atoms with Gasteiger partial charge in [0, 0.05) is 17.0 Å². The van der Waals surface area contributed by atoms with E-state index < -0.39 is 0 Å². The number of halogens is 1. The van der Waals surface area contributed by atoms with Gasteiger partial charge in [0.15, 0.2) is 0 Å². The van der Waals surface area contributed by atoms with E-state index in [1.54, 1.807) is 18.2 Å². The first kappa shape index (κ1) is 14.0. The third kappa shape index (κ3) is 3.77. The number of nitrogens with zero attached hydrogens (tertiary/aromatic N) is 1. The van der Waals surface area contributed by atoms with E-state index in [1.807, 2.05) is 5.38 Å². The lowest BCUT2D eigenvalue weighted by atomic mass is 10.2. The van der Waals surface area contributed by atoms with Crippen molar-refractivity contribution >= 4 is 23.3 Å². The minimum absolute atomic E-state index is 0.196. The first-order chi connectivity index (χ1) is 9.69. The van der Waals surface area contributed by atoms with Gasteiger partial charge in [0.25, 0.3) is 0 Å². The number of hydrogen-bond donors (Lipinski definition) is 1. The summed E-state index contributed by atoms with van der Waals surface area (Å²) in [5, 5.41) is 5.11. The van der Waals surface area contributed by atoms with Gasteiger partial charge in [0.1, 0.15) is 10.8 Å². The SMILES string of the molecule is C#CCNC(=O)/C=C/c1csc(-c2ccc(F)cc2)n1. The molecule has 1 N–H and O–H groups in total. The van der Waals surface area contributed by atoms with Gasteiger partial charge in [0.2, 0.25) is 5.91 Å². The van der Waals surface area contributed by atoms with Crippen LogP contribution in [-0.2, 0) is 4.79 Å². The number of hydrogen-bond acceptors (Lipinski definition) is 3. The second-order valence-electron chi connectivity index (χ2n) is 3.84.